The van der Waals surface area contributed by atoms with Crippen molar-refractivity contribution in [1.29, 1.82) is 0 Å². The van der Waals surface area contributed by atoms with Crippen molar-refractivity contribution in [3.8, 4) is 5.75 Å². The first-order valence-corrected chi connectivity index (χ1v) is 11.1. The Bertz CT molecular complexity index is 1040. The van der Waals surface area contributed by atoms with E-state index in [0.717, 1.165) is 6.54 Å². The number of likely N-dealkylation sites (N-methyl/N-ethyl adjacent to an activating group) is 1. The quantitative estimate of drug-likeness (QED) is 0.393. The van der Waals surface area contributed by atoms with Crippen molar-refractivity contribution >= 4 is 33.3 Å². The molecular formula is C19H23ClF2N4O4S. The maximum atomic E-state index is 14.4. The summed E-state index contributed by atoms with van der Waals surface area (Å²) in [6.45, 7) is 4.00. The number of halogens is 3. The maximum Gasteiger partial charge on any atom is 0.328 e. The number of rotatable bonds is 10. The molecule has 0 atom stereocenters. The molecule has 0 bridgehead atoms. The van der Waals surface area contributed by atoms with Gasteiger partial charge in [0.25, 0.3) is 10.0 Å². The largest absolute Gasteiger partial charge is 0.486 e. The van der Waals surface area contributed by atoms with Crippen LogP contribution in [0, 0.1) is 11.6 Å². The van der Waals surface area contributed by atoms with Gasteiger partial charge in [-0.3, -0.25) is 0 Å². The molecule has 12 heteroatoms. The minimum atomic E-state index is -4.60. The highest BCUT2D eigenvalue weighted by molar-refractivity contribution is 7.90. The number of amides is 2. The van der Waals surface area contributed by atoms with Gasteiger partial charge in [0.05, 0.1) is 0 Å². The number of carbonyl (C=O) groups excluding carboxylic acids is 1. The standard InChI is InChI=1S/C19H23ClF2N4O4S/c1-3-24-6-7-25-16-8-13(20)5-4-12(16)11-30-17-9-15(22)18(10-14(17)21)31(28,29)26-19(27)23-2/h4-5,8-10,24-25H,3,6-7,11H2,1-2H3,(H2,23,26,27). The molecule has 2 aromatic carbocycles. The van der Waals surface area contributed by atoms with Crippen molar-refractivity contribution in [2.75, 3.05) is 32.0 Å². The topological polar surface area (TPSA) is 109 Å². The van der Waals surface area contributed by atoms with Crippen LogP contribution in [0.4, 0.5) is 19.3 Å². The minimum Gasteiger partial charge on any atom is -0.486 e. The van der Waals surface area contributed by atoms with E-state index in [1.807, 2.05) is 12.2 Å². The van der Waals surface area contributed by atoms with Crippen molar-refractivity contribution in [3.05, 3.63) is 52.6 Å². The number of sulfonamides is 1. The second kappa shape index (κ2) is 11.1. The molecule has 0 radical (unpaired) electrons. The van der Waals surface area contributed by atoms with E-state index in [0.29, 0.717) is 41.5 Å². The van der Waals surface area contributed by atoms with Gasteiger partial charge in [0.1, 0.15) is 17.3 Å². The van der Waals surface area contributed by atoms with Crippen molar-refractivity contribution in [2.24, 2.45) is 0 Å². The first-order valence-electron chi connectivity index (χ1n) is 9.27. The Morgan fingerprint density at radius 1 is 1.13 bits per heavy atom. The van der Waals surface area contributed by atoms with Crippen LogP contribution < -0.4 is 25.4 Å². The maximum absolute atomic E-state index is 14.4. The smallest absolute Gasteiger partial charge is 0.328 e. The molecule has 2 aromatic rings. The summed E-state index contributed by atoms with van der Waals surface area (Å²) in [5.74, 6) is -2.85. The summed E-state index contributed by atoms with van der Waals surface area (Å²) in [6.07, 6.45) is 0. The molecule has 0 saturated carbocycles. The fraction of sp³-hybridized carbons (Fsp3) is 0.316. The van der Waals surface area contributed by atoms with Crippen LogP contribution in [0.15, 0.2) is 35.2 Å². The lowest BCUT2D eigenvalue weighted by Crippen LogP contribution is -2.37. The Morgan fingerprint density at radius 3 is 2.55 bits per heavy atom. The Labute approximate surface area is 184 Å². The summed E-state index contributed by atoms with van der Waals surface area (Å²) in [5.41, 5.74) is 1.30. The highest BCUT2D eigenvalue weighted by atomic mass is 35.5. The summed E-state index contributed by atoms with van der Waals surface area (Å²) < 4.78 is 59.8. The highest BCUT2D eigenvalue weighted by Gasteiger charge is 2.24. The van der Waals surface area contributed by atoms with Gasteiger partial charge in [0.2, 0.25) is 0 Å². The van der Waals surface area contributed by atoms with E-state index in [1.165, 1.54) is 7.05 Å². The van der Waals surface area contributed by atoms with E-state index >= 15 is 0 Å². The molecule has 31 heavy (non-hydrogen) atoms. The number of hydrogen-bond acceptors (Lipinski definition) is 6. The molecule has 0 unspecified atom stereocenters. The van der Waals surface area contributed by atoms with Gasteiger partial charge in [-0.05, 0) is 18.7 Å². The van der Waals surface area contributed by atoms with E-state index in [-0.39, 0.29) is 6.61 Å². The van der Waals surface area contributed by atoms with Crippen LogP contribution >= 0.6 is 11.6 Å². The molecule has 2 rings (SSSR count). The summed E-state index contributed by atoms with van der Waals surface area (Å²) in [5, 5.41) is 8.85. The zero-order valence-electron chi connectivity index (χ0n) is 16.9. The van der Waals surface area contributed by atoms with Crippen LogP contribution in [-0.4, -0.2) is 41.1 Å². The van der Waals surface area contributed by atoms with Crippen LogP contribution in [0.2, 0.25) is 5.02 Å². The van der Waals surface area contributed by atoms with Gasteiger partial charge in [0, 0.05) is 48.5 Å². The average Bonchev–Trinajstić information content (AvgIpc) is 2.72. The number of ether oxygens (including phenoxy) is 1. The monoisotopic (exact) mass is 476 g/mol. The van der Waals surface area contributed by atoms with Crippen LogP contribution in [0.25, 0.3) is 0 Å². The van der Waals surface area contributed by atoms with Crippen molar-refractivity contribution < 1.29 is 26.7 Å². The molecule has 0 aromatic heterocycles. The Kier molecular flexibility index (Phi) is 8.84. The zero-order chi connectivity index (χ0) is 23.0. The van der Waals surface area contributed by atoms with E-state index in [4.69, 9.17) is 16.3 Å². The lowest BCUT2D eigenvalue weighted by atomic mass is 10.2. The van der Waals surface area contributed by atoms with Gasteiger partial charge in [-0.1, -0.05) is 24.6 Å². The first-order chi connectivity index (χ1) is 14.7. The molecule has 0 aliphatic rings. The van der Waals surface area contributed by atoms with E-state index in [9.17, 15) is 22.0 Å². The Balaban J connectivity index is 2.18. The van der Waals surface area contributed by atoms with Crippen LogP contribution in [-0.2, 0) is 16.6 Å². The van der Waals surface area contributed by atoms with E-state index in [1.54, 1.807) is 22.9 Å². The molecule has 0 aliphatic carbocycles. The van der Waals surface area contributed by atoms with Gasteiger partial charge in [0.15, 0.2) is 11.6 Å². The molecule has 0 aliphatic heterocycles. The molecule has 0 heterocycles. The van der Waals surface area contributed by atoms with Crippen LogP contribution in [0.3, 0.4) is 0 Å². The third-order valence-electron chi connectivity index (χ3n) is 4.05. The van der Waals surface area contributed by atoms with Crippen LogP contribution in [0.5, 0.6) is 5.75 Å². The normalized spacial score (nSPS) is 11.1. The number of anilines is 1. The SMILES string of the molecule is CCNCCNc1cc(Cl)ccc1COc1cc(F)c(S(=O)(=O)NC(=O)NC)cc1F. The zero-order valence-corrected chi connectivity index (χ0v) is 18.5. The highest BCUT2D eigenvalue weighted by Crippen LogP contribution is 2.27. The fourth-order valence-corrected chi connectivity index (χ4v) is 3.71. The molecule has 8 nitrogen and oxygen atoms in total. The molecule has 2 amide bonds. The third kappa shape index (κ3) is 6.94. The van der Waals surface area contributed by atoms with E-state index < -0.39 is 38.3 Å². The second-order valence-electron chi connectivity index (χ2n) is 6.27. The van der Waals surface area contributed by atoms with Crippen LogP contribution in [0.1, 0.15) is 12.5 Å². The second-order valence-corrected chi connectivity index (χ2v) is 8.36. The third-order valence-corrected chi connectivity index (χ3v) is 5.63. The predicted molar refractivity (Wildman–Crippen MR) is 114 cm³/mol. The lowest BCUT2D eigenvalue weighted by molar-refractivity contribution is 0.247. The number of hydrogen-bond donors (Lipinski definition) is 4. The van der Waals surface area contributed by atoms with Gasteiger partial charge in [-0.15, -0.1) is 0 Å². The van der Waals surface area contributed by atoms with Crippen molar-refractivity contribution in [1.82, 2.24) is 15.4 Å². The summed E-state index contributed by atoms with van der Waals surface area (Å²) in [6, 6.07) is 4.97. The van der Waals surface area contributed by atoms with Crippen molar-refractivity contribution in [2.45, 2.75) is 18.4 Å². The molecular weight excluding hydrogens is 454 g/mol. The van der Waals surface area contributed by atoms with Gasteiger partial charge in [-0.25, -0.2) is 26.7 Å². The number of urea groups is 1. The lowest BCUT2D eigenvalue weighted by Gasteiger charge is -2.15. The molecule has 0 saturated heterocycles. The molecule has 0 fully saturated rings. The van der Waals surface area contributed by atoms with Crippen molar-refractivity contribution in [3.63, 3.8) is 0 Å². The Morgan fingerprint density at radius 2 is 1.87 bits per heavy atom. The van der Waals surface area contributed by atoms with Gasteiger partial charge < -0.3 is 20.7 Å². The number of carbonyl (C=O) groups is 1. The number of nitrogens with one attached hydrogen (secondary N) is 4. The summed E-state index contributed by atoms with van der Waals surface area (Å²) in [4.78, 5) is 10.2. The average molecular weight is 477 g/mol. The number of benzene rings is 2. The first kappa shape index (κ1) is 24.6. The summed E-state index contributed by atoms with van der Waals surface area (Å²) in [7, 11) is -3.42. The predicted octanol–water partition coefficient (Wildman–Crippen LogP) is 2.84. The fourth-order valence-electron chi connectivity index (χ4n) is 2.51. The molecule has 0 spiro atoms. The molecule has 170 valence electrons. The van der Waals surface area contributed by atoms with Gasteiger partial charge in [-0.2, -0.15) is 0 Å². The summed E-state index contributed by atoms with van der Waals surface area (Å²) >= 11 is 6.03. The van der Waals surface area contributed by atoms with E-state index in [2.05, 4.69) is 10.6 Å². The minimum absolute atomic E-state index is 0.125. The molecule has 4 N–H and O–H groups in total. The Hall–Kier alpha value is -2.63. The van der Waals surface area contributed by atoms with Gasteiger partial charge >= 0.3 is 6.03 Å².